The van der Waals surface area contributed by atoms with Crippen molar-refractivity contribution < 1.29 is 24.2 Å². The Labute approximate surface area is 213 Å². The molecule has 0 radical (unpaired) electrons. The van der Waals surface area contributed by atoms with E-state index in [1.165, 1.54) is 0 Å². The van der Waals surface area contributed by atoms with E-state index in [-0.39, 0.29) is 12.8 Å². The summed E-state index contributed by atoms with van der Waals surface area (Å²) in [5, 5.41) is 12.5. The Morgan fingerprint density at radius 1 is 0.750 bits per heavy atom. The van der Waals surface area contributed by atoms with Crippen molar-refractivity contribution in [2.24, 2.45) is 0 Å². The zero-order chi connectivity index (χ0) is 25.6. The van der Waals surface area contributed by atoms with Crippen LogP contribution in [0.15, 0.2) is 84.9 Å². The number of carbonyl (C=O) groups is 2. The van der Waals surface area contributed by atoms with Crippen LogP contribution in [0, 0.1) is 0 Å². The van der Waals surface area contributed by atoms with E-state index in [1.807, 2.05) is 24.3 Å². The van der Waals surface area contributed by atoms with Crippen molar-refractivity contribution in [1.82, 2.24) is 5.32 Å². The van der Waals surface area contributed by atoms with Gasteiger partial charge in [-0.25, -0.2) is 0 Å². The van der Waals surface area contributed by atoms with Gasteiger partial charge in [-0.05, 0) is 48.2 Å². The maximum atomic E-state index is 11.5. The Balaban J connectivity index is 1.66. The molecule has 3 aromatic rings. The number of aliphatic carboxylic acids is 1. The smallest absolute Gasteiger partial charge is 0.306 e. The van der Waals surface area contributed by atoms with E-state index in [0.717, 1.165) is 54.7 Å². The van der Waals surface area contributed by atoms with Crippen LogP contribution in [-0.2, 0) is 19.9 Å². The van der Waals surface area contributed by atoms with Crippen molar-refractivity contribution in [3.8, 4) is 5.75 Å². The van der Waals surface area contributed by atoms with Gasteiger partial charge >= 0.3 is 11.9 Å². The molecular weight excluding hydrogens is 454 g/mol. The maximum absolute atomic E-state index is 11.5. The van der Waals surface area contributed by atoms with E-state index in [0.29, 0.717) is 6.61 Å². The summed E-state index contributed by atoms with van der Waals surface area (Å²) in [4.78, 5) is 22.1. The number of methoxy groups -OCH3 is 1. The molecule has 0 heterocycles. The molecule has 0 saturated heterocycles. The topological polar surface area (TPSA) is 84.9 Å². The SMILES string of the molecule is COc1ccc(C(NCCCCCCOC(=O)CCC(=O)O)(c2ccccc2)c2ccccc2)cc1. The predicted molar refractivity (Wildman–Crippen MR) is 140 cm³/mol. The van der Waals surface area contributed by atoms with E-state index in [2.05, 4.69) is 66.0 Å². The number of hydrogen-bond acceptors (Lipinski definition) is 5. The highest BCUT2D eigenvalue weighted by Gasteiger charge is 2.35. The fraction of sp³-hybridized carbons (Fsp3) is 0.333. The van der Waals surface area contributed by atoms with Crippen LogP contribution in [0.5, 0.6) is 5.75 Å². The fourth-order valence-corrected chi connectivity index (χ4v) is 4.35. The van der Waals surface area contributed by atoms with Gasteiger partial charge in [-0.15, -0.1) is 0 Å². The summed E-state index contributed by atoms with van der Waals surface area (Å²) >= 11 is 0. The number of unbranched alkanes of at least 4 members (excludes halogenated alkanes) is 3. The number of benzene rings is 3. The van der Waals surface area contributed by atoms with Crippen LogP contribution in [0.25, 0.3) is 0 Å². The number of carboxylic acid groups (broad SMARTS) is 1. The summed E-state index contributed by atoms with van der Waals surface area (Å²) in [6.07, 6.45) is 3.38. The van der Waals surface area contributed by atoms with Gasteiger partial charge in [-0.1, -0.05) is 85.6 Å². The van der Waals surface area contributed by atoms with Crippen LogP contribution < -0.4 is 10.1 Å². The average molecular weight is 490 g/mol. The molecule has 0 fully saturated rings. The Bertz CT molecular complexity index is 1030. The van der Waals surface area contributed by atoms with Crippen LogP contribution in [0.1, 0.15) is 55.2 Å². The standard InChI is InChI=1S/C30H35NO5/c1-35-27-18-16-26(17-19-27)30(24-12-6-4-7-13-24,25-14-8-5-9-15-25)31-22-10-2-3-11-23-36-29(34)21-20-28(32)33/h4-9,12-19,31H,2-3,10-11,20-23H2,1H3,(H,32,33). The molecular formula is C30H35NO5. The van der Waals surface area contributed by atoms with Crippen LogP contribution in [-0.4, -0.2) is 37.3 Å². The zero-order valence-electron chi connectivity index (χ0n) is 20.8. The molecule has 0 unspecified atom stereocenters. The summed E-state index contributed by atoms with van der Waals surface area (Å²) in [6.45, 7) is 1.13. The minimum absolute atomic E-state index is 0.0777. The average Bonchev–Trinajstić information content (AvgIpc) is 2.92. The first-order chi connectivity index (χ1) is 17.6. The third kappa shape index (κ3) is 7.43. The normalized spacial score (nSPS) is 11.1. The van der Waals surface area contributed by atoms with Crippen molar-refractivity contribution in [2.75, 3.05) is 20.3 Å². The van der Waals surface area contributed by atoms with Crippen molar-refractivity contribution >= 4 is 11.9 Å². The van der Waals surface area contributed by atoms with Gasteiger partial charge in [0.25, 0.3) is 0 Å². The van der Waals surface area contributed by atoms with Crippen LogP contribution in [0.2, 0.25) is 0 Å². The van der Waals surface area contributed by atoms with Crippen molar-refractivity contribution in [1.29, 1.82) is 0 Å². The molecule has 0 aliphatic heterocycles. The third-order valence-electron chi connectivity index (χ3n) is 6.20. The second-order valence-corrected chi connectivity index (χ2v) is 8.67. The summed E-state index contributed by atoms with van der Waals surface area (Å²) in [5.41, 5.74) is 2.94. The molecule has 0 bridgehead atoms. The lowest BCUT2D eigenvalue weighted by atomic mass is 9.77. The third-order valence-corrected chi connectivity index (χ3v) is 6.20. The molecule has 3 rings (SSSR count). The molecule has 0 atom stereocenters. The molecule has 0 amide bonds. The summed E-state index contributed by atoms with van der Waals surface area (Å²) in [5.74, 6) is -0.623. The quantitative estimate of drug-likeness (QED) is 0.166. The van der Waals surface area contributed by atoms with Gasteiger partial charge in [0.15, 0.2) is 0 Å². The zero-order valence-corrected chi connectivity index (χ0v) is 20.8. The minimum Gasteiger partial charge on any atom is -0.497 e. The Morgan fingerprint density at radius 3 is 1.86 bits per heavy atom. The molecule has 0 saturated carbocycles. The van der Waals surface area contributed by atoms with Crippen LogP contribution in [0.4, 0.5) is 0 Å². The van der Waals surface area contributed by atoms with Gasteiger partial charge in [-0.2, -0.15) is 0 Å². The lowest BCUT2D eigenvalue weighted by molar-refractivity contribution is -0.147. The van der Waals surface area contributed by atoms with Gasteiger partial charge in [-0.3, -0.25) is 14.9 Å². The number of ether oxygens (including phenoxy) is 2. The van der Waals surface area contributed by atoms with Gasteiger partial charge in [0.05, 0.1) is 32.1 Å². The second kappa shape index (κ2) is 14.0. The molecule has 190 valence electrons. The van der Waals surface area contributed by atoms with Gasteiger partial charge in [0, 0.05) is 0 Å². The molecule has 0 aliphatic carbocycles. The highest BCUT2D eigenvalue weighted by molar-refractivity contribution is 5.76. The van der Waals surface area contributed by atoms with E-state index in [9.17, 15) is 9.59 Å². The number of nitrogens with one attached hydrogen (secondary N) is 1. The lowest BCUT2D eigenvalue weighted by Gasteiger charge is -2.37. The van der Waals surface area contributed by atoms with E-state index in [1.54, 1.807) is 7.11 Å². The van der Waals surface area contributed by atoms with Crippen LogP contribution >= 0.6 is 0 Å². The van der Waals surface area contributed by atoms with E-state index >= 15 is 0 Å². The summed E-state index contributed by atoms with van der Waals surface area (Å²) < 4.78 is 10.5. The van der Waals surface area contributed by atoms with Gasteiger partial charge < -0.3 is 14.6 Å². The first-order valence-corrected chi connectivity index (χ1v) is 12.4. The molecule has 2 N–H and O–H groups in total. The number of carboxylic acids is 1. The molecule has 6 nitrogen and oxygen atoms in total. The molecule has 0 aromatic heterocycles. The molecule has 36 heavy (non-hydrogen) atoms. The highest BCUT2D eigenvalue weighted by atomic mass is 16.5. The van der Waals surface area contributed by atoms with Crippen molar-refractivity contribution in [2.45, 2.75) is 44.1 Å². The van der Waals surface area contributed by atoms with Crippen molar-refractivity contribution in [3.05, 3.63) is 102 Å². The van der Waals surface area contributed by atoms with E-state index < -0.39 is 17.5 Å². The highest BCUT2D eigenvalue weighted by Crippen LogP contribution is 2.37. The van der Waals surface area contributed by atoms with E-state index in [4.69, 9.17) is 14.6 Å². The molecule has 0 aliphatic rings. The largest absolute Gasteiger partial charge is 0.497 e. The number of rotatable bonds is 15. The fourth-order valence-electron chi connectivity index (χ4n) is 4.35. The Hall–Kier alpha value is -3.64. The second-order valence-electron chi connectivity index (χ2n) is 8.67. The predicted octanol–water partition coefficient (Wildman–Crippen LogP) is 5.55. The lowest BCUT2D eigenvalue weighted by Crippen LogP contribution is -2.45. The maximum Gasteiger partial charge on any atom is 0.306 e. The van der Waals surface area contributed by atoms with Gasteiger partial charge in [0.2, 0.25) is 0 Å². The molecule has 3 aromatic carbocycles. The van der Waals surface area contributed by atoms with Crippen LogP contribution in [0.3, 0.4) is 0 Å². The molecule has 0 spiro atoms. The minimum atomic E-state index is -0.990. The number of carbonyl (C=O) groups excluding carboxylic acids is 1. The number of hydrogen-bond donors (Lipinski definition) is 2. The molecule has 6 heteroatoms. The Morgan fingerprint density at radius 2 is 1.31 bits per heavy atom. The summed E-state index contributed by atoms with van der Waals surface area (Å²) in [7, 11) is 1.67. The van der Waals surface area contributed by atoms with Gasteiger partial charge in [0.1, 0.15) is 5.75 Å². The Kier molecular flexibility index (Phi) is 10.5. The van der Waals surface area contributed by atoms with Crippen molar-refractivity contribution in [3.63, 3.8) is 0 Å². The first-order valence-electron chi connectivity index (χ1n) is 12.4. The first kappa shape index (κ1) is 27.0. The summed E-state index contributed by atoms with van der Waals surface area (Å²) in [6, 6.07) is 29.2. The number of esters is 1. The monoisotopic (exact) mass is 489 g/mol.